The van der Waals surface area contributed by atoms with E-state index in [-0.39, 0.29) is 11.1 Å². The van der Waals surface area contributed by atoms with E-state index in [0.717, 1.165) is 13.0 Å². The Bertz CT molecular complexity index is 293. The highest BCUT2D eigenvalue weighted by molar-refractivity contribution is 4.49. The van der Waals surface area contributed by atoms with Crippen LogP contribution in [0, 0.1) is 0 Å². The zero-order valence-electron chi connectivity index (χ0n) is 19.3. The highest BCUT2D eigenvalue weighted by Gasteiger charge is 2.32. The largest absolute Gasteiger partial charge is 0.178 e. The van der Waals surface area contributed by atoms with Gasteiger partial charge in [0.1, 0.15) is 20.3 Å². The molecule has 0 atom stereocenters. The van der Waals surface area contributed by atoms with Gasteiger partial charge in [0.15, 0.2) is 6.54 Å². The van der Waals surface area contributed by atoms with Gasteiger partial charge in [0.2, 0.25) is 0 Å². The van der Waals surface area contributed by atoms with E-state index in [0.29, 0.717) is 0 Å². The molecule has 4 nitrogen and oxygen atoms in total. The minimum Gasteiger partial charge on any atom is -0.135 e. The Kier molecular flexibility index (Phi) is 19.1. The summed E-state index contributed by atoms with van der Waals surface area (Å²) < 4.78 is 0. The summed E-state index contributed by atoms with van der Waals surface area (Å²) >= 11 is 0. The van der Waals surface area contributed by atoms with Crippen LogP contribution in [-0.4, -0.2) is 31.8 Å². The third-order valence-electron chi connectivity index (χ3n) is 5.21. The van der Waals surface area contributed by atoms with Crippen LogP contribution in [0.4, 0.5) is 0 Å². The zero-order chi connectivity index (χ0) is 20.2. The molecular formula is C23H50NO3+. The average Bonchev–Trinajstić information content (AvgIpc) is 2.66. The van der Waals surface area contributed by atoms with Crippen molar-refractivity contribution >= 4 is 0 Å². The molecule has 0 fully saturated rings. The molecular weight excluding hydrogens is 338 g/mol. The fourth-order valence-electron chi connectivity index (χ4n) is 3.57. The van der Waals surface area contributed by atoms with Crippen molar-refractivity contribution in [2.45, 2.75) is 130 Å². The van der Waals surface area contributed by atoms with Gasteiger partial charge in [0.25, 0.3) is 0 Å². The van der Waals surface area contributed by atoms with E-state index in [9.17, 15) is 0 Å². The molecule has 0 N–H and O–H groups in total. The minimum atomic E-state index is -0.156. The Morgan fingerprint density at radius 3 is 1.19 bits per heavy atom. The molecule has 0 aromatic carbocycles. The van der Waals surface area contributed by atoms with Crippen molar-refractivity contribution in [2.24, 2.45) is 0 Å². The molecule has 0 heterocycles. The average molecular weight is 389 g/mol. The molecule has 0 spiro atoms. The van der Waals surface area contributed by atoms with Crippen molar-refractivity contribution in [3.63, 3.8) is 0 Å². The molecule has 0 aromatic rings. The van der Waals surface area contributed by atoms with Gasteiger partial charge in [-0.05, 0) is 20.3 Å². The van der Waals surface area contributed by atoms with Gasteiger partial charge in [-0.2, -0.15) is 0 Å². The zero-order valence-corrected chi connectivity index (χ0v) is 19.3. The lowest BCUT2D eigenvalue weighted by Gasteiger charge is -2.28. The van der Waals surface area contributed by atoms with Gasteiger partial charge in [-0.15, -0.1) is 14.5 Å². The molecule has 0 bridgehead atoms. The van der Waals surface area contributed by atoms with E-state index < -0.39 is 0 Å². The van der Waals surface area contributed by atoms with Crippen LogP contribution in [0.2, 0.25) is 0 Å². The second-order valence-electron chi connectivity index (χ2n) is 8.16. The summed E-state index contributed by atoms with van der Waals surface area (Å²) in [5.41, 5.74) is 0. The van der Waals surface area contributed by atoms with Crippen LogP contribution in [0.5, 0.6) is 0 Å². The van der Waals surface area contributed by atoms with Gasteiger partial charge in [-0.3, -0.25) is 0 Å². The Labute approximate surface area is 170 Å². The lowest BCUT2D eigenvalue weighted by Crippen LogP contribution is -2.48. The third kappa shape index (κ3) is 16.5. The van der Waals surface area contributed by atoms with Crippen LogP contribution in [0.25, 0.3) is 0 Å². The molecule has 0 unspecified atom stereocenters. The second kappa shape index (κ2) is 19.2. The number of quaternary nitrogens is 1. The van der Waals surface area contributed by atoms with Gasteiger partial charge in [-0.1, -0.05) is 96.8 Å². The summed E-state index contributed by atoms with van der Waals surface area (Å²) in [5.74, 6) is 0. The highest BCUT2D eigenvalue weighted by Crippen LogP contribution is 2.17. The number of rotatable bonds is 21. The maximum Gasteiger partial charge on any atom is 0.178 e. The first-order valence-electron chi connectivity index (χ1n) is 11.8. The Hall–Kier alpha value is -0.160. The number of hydrogen-bond acceptors (Lipinski definition) is 3. The molecule has 0 saturated heterocycles. The monoisotopic (exact) mass is 388 g/mol. The summed E-state index contributed by atoms with van der Waals surface area (Å²) in [6.45, 7) is 7.02. The molecule has 0 aliphatic rings. The maximum atomic E-state index is 5.75. The topological polar surface area (TPSA) is 27.7 Å². The lowest BCUT2D eigenvalue weighted by molar-refractivity contribution is -1.36. The standard InChI is InChI=1S/C23H50NO3/c1-6-7-8-9-10-11-12-13-14-15-16-17-18-19-20-21-22-24(25-4,26-5)27-23(2)3/h23H,6-22H2,1-5H3/q+1. The predicted octanol–water partition coefficient (Wildman–Crippen LogP) is 7.53. The van der Waals surface area contributed by atoms with E-state index in [1.165, 1.54) is 96.3 Å². The quantitative estimate of drug-likeness (QED) is 0.115. The van der Waals surface area contributed by atoms with E-state index >= 15 is 0 Å². The van der Waals surface area contributed by atoms with Gasteiger partial charge < -0.3 is 0 Å². The number of unbranched alkanes of at least 4 members (excludes halogenated alkanes) is 15. The molecule has 164 valence electrons. The van der Waals surface area contributed by atoms with Crippen molar-refractivity contribution in [2.75, 3.05) is 20.8 Å². The normalized spacial score (nSPS) is 12.2. The first-order chi connectivity index (χ1) is 13.1. The van der Waals surface area contributed by atoms with Crippen LogP contribution in [0.1, 0.15) is 124 Å². The van der Waals surface area contributed by atoms with Crippen molar-refractivity contribution in [1.29, 1.82) is 0 Å². The summed E-state index contributed by atoms with van der Waals surface area (Å²) in [4.78, 5) is 16.4. The Balaban J connectivity index is 3.37. The van der Waals surface area contributed by atoms with Crippen LogP contribution >= 0.6 is 0 Å². The molecule has 0 amide bonds. The molecule has 0 saturated carbocycles. The lowest BCUT2D eigenvalue weighted by atomic mass is 10.0. The third-order valence-corrected chi connectivity index (χ3v) is 5.21. The first-order valence-corrected chi connectivity index (χ1v) is 11.8. The molecule has 0 aliphatic carbocycles. The molecule has 0 rings (SSSR count). The van der Waals surface area contributed by atoms with Gasteiger partial charge in [0.05, 0.1) is 4.97 Å². The molecule has 0 aliphatic heterocycles. The SMILES string of the molecule is CCCCCCCCCCCCCCCCCC[N+](OC)(OC)OC(C)C. The fourth-order valence-corrected chi connectivity index (χ4v) is 3.57. The van der Waals surface area contributed by atoms with Crippen molar-refractivity contribution in [1.82, 2.24) is 0 Å². The smallest absolute Gasteiger partial charge is 0.135 e. The van der Waals surface area contributed by atoms with Crippen molar-refractivity contribution in [3.05, 3.63) is 0 Å². The van der Waals surface area contributed by atoms with Crippen LogP contribution in [0.3, 0.4) is 0 Å². The van der Waals surface area contributed by atoms with E-state index in [2.05, 4.69) is 6.92 Å². The molecule has 0 radical (unpaired) electrons. The molecule has 4 heteroatoms. The van der Waals surface area contributed by atoms with Crippen molar-refractivity contribution < 1.29 is 19.5 Å². The maximum absolute atomic E-state index is 5.75. The number of hydrogen-bond donors (Lipinski definition) is 0. The van der Waals surface area contributed by atoms with Gasteiger partial charge >= 0.3 is 0 Å². The van der Waals surface area contributed by atoms with Crippen LogP contribution in [-0.2, 0) is 14.5 Å². The van der Waals surface area contributed by atoms with Crippen molar-refractivity contribution in [3.8, 4) is 0 Å². The van der Waals surface area contributed by atoms with Crippen LogP contribution in [0.15, 0.2) is 0 Å². The Morgan fingerprint density at radius 2 is 0.889 bits per heavy atom. The summed E-state index contributed by atoms with van der Waals surface area (Å²) in [6.07, 6.45) is 22.1. The fraction of sp³-hybridized carbons (Fsp3) is 1.00. The molecule has 27 heavy (non-hydrogen) atoms. The summed E-state index contributed by atoms with van der Waals surface area (Å²) in [5, 5.41) is 0. The minimum absolute atomic E-state index is 0.0750. The number of nitrogens with zero attached hydrogens (tertiary/aromatic N) is 1. The van der Waals surface area contributed by atoms with Crippen LogP contribution < -0.4 is 0 Å². The first kappa shape index (κ1) is 26.8. The predicted molar refractivity (Wildman–Crippen MR) is 115 cm³/mol. The van der Waals surface area contributed by atoms with E-state index in [1.807, 2.05) is 13.8 Å². The molecule has 0 aromatic heterocycles. The van der Waals surface area contributed by atoms with Gasteiger partial charge in [0, 0.05) is 6.42 Å². The number of hydroxylamine groups is 3. The van der Waals surface area contributed by atoms with E-state index in [4.69, 9.17) is 14.5 Å². The van der Waals surface area contributed by atoms with Gasteiger partial charge in [-0.25, -0.2) is 0 Å². The summed E-state index contributed by atoms with van der Waals surface area (Å²) in [7, 11) is 3.27. The highest BCUT2D eigenvalue weighted by atomic mass is 17.2. The Morgan fingerprint density at radius 1 is 0.556 bits per heavy atom. The van der Waals surface area contributed by atoms with E-state index in [1.54, 1.807) is 14.2 Å². The summed E-state index contributed by atoms with van der Waals surface area (Å²) in [6, 6.07) is 0. The second-order valence-corrected chi connectivity index (χ2v) is 8.16.